The Morgan fingerprint density at radius 2 is 1.48 bits per heavy atom. The molecule has 158 valence electrons. The number of rotatable bonds is 7. The molecule has 5 heteroatoms. The van der Waals surface area contributed by atoms with Gasteiger partial charge in [0.1, 0.15) is 6.61 Å². The molecule has 0 aromatic heterocycles. The molecule has 1 aliphatic carbocycles. The summed E-state index contributed by atoms with van der Waals surface area (Å²) in [5.74, 6) is 2.98. The largest absolute Gasteiger partial charge is 0.416 e. The fourth-order valence-electron chi connectivity index (χ4n) is 2.93. The lowest BCUT2D eigenvalue weighted by Crippen LogP contribution is -2.50. The molecule has 3 nitrogen and oxygen atoms in total. The van der Waals surface area contributed by atoms with E-state index in [4.69, 9.17) is 20.0 Å². The van der Waals surface area contributed by atoms with Gasteiger partial charge in [0.2, 0.25) is 0 Å². The third-order valence-corrected chi connectivity index (χ3v) is 16.0. The highest BCUT2D eigenvalue weighted by molar-refractivity contribution is 6.74. The molecule has 1 rings (SSSR count). The van der Waals surface area contributed by atoms with Crippen LogP contribution in [0.3, 0.4) is 0 Å². The van der Waals surface area contributed by atoms with Gasteiger partial charge in [0.25, 0.3) is 0 Å². The molecule has 0 saturated heterocycles. The molecule has 0 spiro atoms. The third-order valence-electron chi connectivity index (χ3n) is 6.98. The highest BCUT2D eigenvalue weighted by Crippen LogP contribution is 2.42. The summed E-state index contributed by atoms with van der Waals surface area (Å²) in [5.41, 5.74) is 0. The summed E-state index contributed by atoms with van der Waals surface area (Å²) in [6.45, 7) is 24.3. The summed E-state index contributed by atoms with van der Waals surface area (Å²) in [6, 6.07) is 0. The van der Waals surface area contributed by atoms with Crippen molar-refractivity contribution in [1.29, 1.82) is 0 Å². The van der Waals surface area contributed by atoms with Crippen molar-refractivity contribution in [3.63, 3.8) is 0 Å². The van der Waals surface area contributed by atoms with E-state index in [0.717, 1.165) is 25.9 Å². The highest BCUT2D eigenvalue weighted by Gasteiger charge is 2.44. The minimum atomic E-state index is -1.81. The fraction of sp³-hybridized carbons (Fsp3) is 0.909. The Kier molecular flexibility index (Phi) is 8.42. The Bertz CT molecular complexity index is 509. The van der Waals surface area contributed by atoms with E-state index in [1.807, 2.05) is 0 Å². The zero-order chi connectivity index (χ0) is 21.1. The maximum Gasteiger partial charge on any atom is 0.192 e. The monoisotopic (exact) mass is 412 g/mol. The first-order valence-electron chi connectivity index (χ1n) is 10.5. The van der Waals surface area contributed by atoms with Crippen LogP contribution >= 0.6 is 0 Å². The molecular formula is C22H44O3Si2. The van der Waals surface area contributed by atoms with Crippen molar-refractivity contribution in [2.45, 2.75) is 109 Å². The van der Waals surface area contributed by atoms with Gasteiger partial charge in [0.05, 0.1) is 12.2 Å². The Labute approximate surface area is 171 Å². The minimum Gasteiger partial charge on any atom is -0.416 e. The second kappa shape index (κ2) is 9.13. The van der Waals surface area contributed by atoms with Crippen LogP contribution in [0, 0.1) is 18.3 Å². The molecule has 0 N–H and O–H groups in total. The van der Waals surface area contributed by atoms with Gasteiger partial charge >= 0.3 is 0 Å². The lowest BCUT2D eigenvalue weighted by Gasteiger charge is -2.45. The third kappa shape index (κ3) is 7.01. The van der Waals surface area contributed by atoms with Crippen LogP contribution in [-0.2, 0) is 13.6 Å². The quantitative estimate of drug-likeness (QED) is 0.367. The maximum atomic E-state index is 6.84. The molecule has 0 aromatic carbocycles. The summed E-state index contributed by atoms with van der Waals surface area (Å²) >= 11 is 0. The van der Waals surface area contributed by atoms with Gasteiger partial charge in [-0.2, -0.15) is 0 Å². The predicted molar refractivity (Wildman–Crippen MR) is 121 cm³/mol. The fourth-order valence-corrected chi connectivity index (χ4v) is 5.41. The van der Waals surface area contributed by atoms with Crippen molar-refractivity contribution >= 4 is 16.6 Å². The van der Waals surface area contributed by atoms with Gasteiger partial charge in [-0.05, 0) is 55.5 Å². The molecule has 0 amide bonds. The second-order valence-electron chi connectivity index (χ2n) is 11.2. The molecule has 1 fully saturated rings. The smallest absolute Gasteiger partial charge is 0.192 e. The van der Waals surface area contributed by atoms with E-state index >= 15 is 0 Å². The average Bonchev–Trinajstić information content (AvgIpc) is 2.50. The molecule has 1 saturated carbocycles. The van der Waals surface area contributed by atoms with Crippen molar-refractivity contribution in [3.8, 4) is 12.3 Å². The summed E-state index contributed by atoms with van der Waals surface area (Å²) in [4.78, 5) is 0. The van der Waals surface area contributed by atoms with E-state index in [-0.39, 0.29) is 22.3 Å². The van der Waals surface area contributed by atoms with Gasteiger partial charge in [0.15, 0.2) is 16.6 Å². The molecular weight excluding hydrogens is 368 g/mol. The van der Waals surface area contributed by atoms with Crippen molar-refractivity contribution in [2.24, 2.45) is 5.92 Å². The summed E-state index contributed by atoms with van der Waals surface area (Å²) in [5, 5.41) is 0.436. The van der Waals surface area contributed by atoms with Crippen molar-refractivity contribution < 1.29 is 13.6 Å². The van der Waals surface area contributed by atoms with E-state index in [0.29, 0.717) is 12.5 Å². The molecule has 0 unspecified atom stereocenters. The van der Waals surface area contributed by atoms with Crippen molar-refractivity contribution in [1.82, 2.24) is 0 Å². The van der Waals surface area contributed by atoms with E-state index in [1.165, 1.54) is 0 Å². The van der Waals surface area contributed by atoms with Gasteiger partial charge in [-0.1, -0.05) is 47.5 Å². The zero-order valence-electron chi connectivity index (χ0n) is 19.6. The standard InChI is InChI=1S/C22H44O3Si2/c1-12-15-23-19-13-14-20(25-27(10,11)22(5,6)7)18(16-19)17-24-26(8,9)21(2,3)4/h1,18-20H,13-17H2,2-11H3/t18-,19-,20+/m1/s1. The number of terminal acetylenes is 1. The Balaban J connectivity index is 2.89. The molecule has 27 heavy (non-hydrogen) atoms. The van der Waals surface area contributed by atoms with Gasteiger partial charge in [-0.3, -0.25) is 0 Å². The lowest BCUT2D eigenvalue weighted by atomic mass is 9.85. The van der Waals surface area contributed by atoms with E-state index in [2.05, 4.69) is 73.7 Å². The van der Waals surface area contributed by atoms with Crippen LogP contribution < -0.4 is 0 Å². The van der Waals surface area contributed by atoms with Crippen LogP contribution in [0.5, 0.6) is 0 Å². The molecule has 0 aromatic rings. The Hall–Kier alpha value is -0.126. The summed E-state index contributed by atoms with van der Waals surface area (Å²) < 4.78 is 19.3. The summed E-state index contributed by atoms with van der Waals surface area (Å²) in [7, 11) is -3.59. The Morgan fingerprint density at radius 1 is 0.926 bits per heavy atom. The van der Waals surface area contributed by atoms with Gasteiger partial charge in [-0.25, -0.2) is 0 Å². The summed E-state index contributed by atoms with van der Waals surface area (Å²) in [6.07, 6.45) is 8.93. The number of hydrogen-bond acceptors (Lipinski definition) is 3. The normalized spacial score (nSPS) is 25.3. The molecule has 3 atom stereocenters. The molecule has 1 aliphatic rings. The number of hydrogen-bond donors (Lipinski definition) is 0. The molecule has 0 aliphatic heterocycles. The predicted octanol–water partition coefficient (Wildman–Crippen LogP) is 6.22. The van der Waals surface area contributed by atoms with E-state index < -0.39 is 16.6 Å². The van der Waals surface area contributed by atoms with E-state index in [9.17, 15) is 0 Å². The van der Waals surface area contributed by atoms with Gasteiger partial charge < -0.3 is 13.6 Å². The topological polar surface area (TPSA) is 27.7 Å². The second-order valence-corrected chi connectivity index (χ2v) is 20.8. The Morgan fingerprint density at radius 3 is 1.96 bits per heavy atom. The lowest BCUT2D eigenvalue weighted by molar-refractivity contribution is -0.0321. The van der Waals surface area contributed by atoms with Crippen molar-refractivity contribution in [3.05, 3.63) is 0 Å². The maximum absolute atomic E-state index is 6.84. The first kappa shape index (κ1) is 24.9. The van der Waals surface area contributed by atoms with Gasteiger partial charge in [-0.15, -0.1) is 6.42 Å². The van der Waals surface area contributed by atoms with Crippen LogP contribution in [0.25, 0.3) is 0 Å². The van der Waals surface area contributed by atoms with Crippen LogP contribution in [0.15, 0.2) is 0 Å². The molecule has 0 heterocycles. The average molecular weight is 413 g/mol. The first-order valence-corrected chi connectivity index (χ1v) is 16.3. The zero-order valence-corrected chi connectivity index (χ0v) is 21.6. The SMILES string of the molecule is C#CCO[C@@H]1CC[C@H](O[Si](C)(C)C(C)(C)C)[C@@H](CO[Si](C)(C)C(C)(C)C)C1. The minimum absolute atomic E-state index is 0.217. The van der Waals surface area contributed by atoms with E-state index in [1.54, 1.807) is 0 Å². The van der Waals surface area contributed by atoms with Gasteiger partial charge in [0, 0.05) is 12.5 Å². The molecule has 0 radical (unpaired) electrons. The number of ether oxygens (including phenoxy) is 1. The van der Waals surface area contributed by atoms with Crippen LogP contribution in [0.1, 0.15) is 60.8 Å². The van der Waals surface area contributed by atoms with Crippen LogP contribution in [0.2, 0.25) is 36.3 Å². The first-order chi connectivity index (χ1) is 12.1. The van der Waals surface area contributed by atoms with Crippen LogP contribution in [-0.4, -0.2) is 42.1 Å². The molecule has 0 bridgehead atoms. The van der Waals surface area contributed by atoms with Crippen LogP contribution in [0.4, 0.5) is 0 Å². The highest BCUT2D eigenvalue weighted by atomic mass is 28.4. The van der Waals surface area contributed by atoms with Crippen molar-refractivity contribution in [2.75, 3.05) is 13.2 Å².